The van der Waals surface area contributed by atoms with Crippen LogP contribution in [0.15, 0.2) is 72.9 Å². The highest BCUT2D eigenvalue weighted by atomic mass is 19.3. The van der Waals surface area contributed by atoms with Crippen LogP contribution in [0.3, 0.4) is 0 Å². The summed E-state index contributed by atoms with van der Waals surface area (Å²) >= 11 is 0. The maximum Gasteiger partial charge on any atom is 0.297 e. The van der Waals surface area contributed by atoms with Gasteiger partial charge in [0.1, 0.15) is 11.6 Å². The number of para-hydroxylation sites is 2. The fourth-order valence-corrected chi connectivity index (χ4v) is 2.70. The van der Waals surface area contributed by atoms with Gasteiger partial charge in [-0.25, -0.2) is 23.7 Å². The van der Waals surface area contributed by atoms with E-state index >= 15 is 0 Å². The Hall–Kier alpha value is -3.61. The average Bonchev–Trinajstić information content (AvgIpc) is 2.73. The summed E-state index contributed by atoms with van der Waals surface area (Å²) in [6.07, 6.45) is -1.07. The second-order valence-corrected chi connectivity index (χ2v) is 6.02. The number of anilines is 1. The number of halogens is 2. The number of nitrogens with one attached hydrogen (secondary N) is 1. The zero-order valence-electron chi connectivity index (χ0n) is 14.7. The van der Waals surface area contributed by atoms with Crippen LogP contribution in [-0.2, 0) is 6.54 Å². The summed E-state index contributed by atoms with van der Waals surface area (Å²) in [6, 6.07) is 20.0. The molecule has 0 amide bonds. The summed E-state index contributed by atoms with van der Waals surface area (Å²) in [5.41, 5.74) is 1.33. The third kappa shape index (κ3) is 4.03. The lowest BCUT2D eigenvalue weighted by atomic mass is 10.2. The third-order valence-corrected chi connectivity index (χ3v) is 4.04. The third-order valence-electron chi connectivity index (χ3n) is 4.04. The molecule has 2 heterocycles. The van der Waals surface area contributed by atoms with Gasteiger partial charge in [-0.2, -0.15) is 0 Å². The van der Waals surface area contributed by atoms with E-state index in [-0.39, 0.29) is 0 Å². The number of alkyl halides is 2. The number of rotatable bonds is 6. The van der Waals surface area contributed by atoms with Crippen molar-refractivity contribution in [2.24, 2.45) is 0 Å². The number of nitrogens with zero attached hydrogens (tertiary/aromatic N) is 3. The molecule has 2 aromatic heterocycles. The summed E-state index contributed by atoms with van der Waals surface area (Å²) in [7, 11) is 0. The molecule has 7 heteroatoms. The Morgan fingerprint density at radius 1 is 0.893 bits per heavy atom. The molecule has 4 rings (SSSR count). The quantitative estimate of drug-likeness (QED) is 0.489. The lowest BCUT2D eigenvalue weighted by molar-refractivity contribution is 0.141. The van der Waals surface area contributed by atoms with Crippen molar-refractivity contribution in [2.75, 3.05) is 5.32 Å². The van der Waals surface area contributed by atoms with Crippen LogP contribution in [0.5, 0.6) is 11.6 Å². The maximum absolute atomic E-state index is 13.1. The van der Waals surface area contributed by atoms with Crippen LogP contribution in [0.2, 0.25) is 0 Å². The van der Waals surface area contributed by atoms with E-state index in [9.17, 15) is 8.78 Å². The Labute approximate surface area is 160 Å². The van der Waals surface area contributed by atoms with Gasteiger partial charge >= 0.3 is 0 Å². The molecule has 5 nitrogen and oxygen atoms in total. The molecule has 0 saturated heterocycles. The first-order valence-corrected chi connectivity index (χ1v) is 8.65. The van der Waals surface area contributed by atoms with E-state index < -0.39 is 12.2 Å². The molecule has 0 spiro atoms. The van der Waals surface area contributed by atoms with Crippen molar-refractivity contribution in [3.8, 4) is 11.6 Å². The largest absolute Gasteiger partial charge is 0.439 e. The second-order valence-electron chi connectivity index (χ2n) is 6.02. The fourth-order valence-electron chi connectivity index (χ4n) is 2.70. The highest BCUT2D eigenvalue weighted by Gasteiger charge is 2.15. The van der Waals surface area contributed by atoms with E-state index in [1.54, 1.807) is 30.5 Å². The van der Waals surface area contributed by atoms with Crippen LogP contribution in [0, 0.1) is 0 Å². The molecule has 1 N–H and O–H groups in total. The average molecular weight is 378 g/mol. The molecule has 0 atom stereocenters. The van der Waals surface area contributed by atoms with Crippen LogP contribution < -0.4 is 10.1 Å². The molecular formula is C21H16F2N4O. The van der Waals surface area contributed by atoms with Crippen molar-refractivity contribution in [2.45, 2.75) is 13.0 Å². The number of pyridine rings is 1. The van der Waals surface area contributed by atoms with Gasteiger partial charge in [-0.15, -0.1) is 0 Å². The molecule has 0 bridgehead atoms. The van der Waals surface area contributed by atoms with Crippen molar-refractivity contribution in [3.05, 3.63) is 84.3 Å². The number of aromatic nitrogens is 3. The lowest BCUT2D eigenvalue weighted by Crippen LogP contribution is -2.06. The first kappa shape index (κ1) is 17.8. The molecule has 4 aromatic rings. The van der Waals surface area contributed by atoms with Crippen molar-refractivity contribution in [1.82, 2.24) is 15.0 Å². The molecule has 0 saturated carbocycles. The number of hydrogen-bond donors (Lipinski definition) is 1. The number of ether oxygens (including phenoxy) is 1. The molecule has 28 heavy (non-hydrogen) atoms. The Bertz CT molecular complexity index is 1070. The lowest BCUT2D eigenvalue weighted by Gasteiger charge is -2.11. The van der Waals surface area contributed by atoms with E-state index in [0.29, 0.717) is 34.9 Å². The van der Waals surface area contributed by atoms with Gasteiger partial charge in [-0.05, 0) is 29.8 Å². The number of hydrogen-bond acceptors (Lipinski definition) is 5. The molecule has 0 fully saturated rings. The van der Waals surface area contributed by atoms with E-state index in [2.05, 4.69) is 20.3 Å². The smallest absolute Gasteiger partial charge is 0.297 e. The Kier molecular flexibility index (Phi) is 5.05. The predicted octanol–water partition coefficient (Wildman–Crippen LogP) is 5.37. The van der Waals surface area contributed by atoms with Gasteiger partial charge < -0.3 is 10.1 Å². The maximum atomic E-state index is 13.1. The van der Waals surface area contributed by atoms with E-state index in [1.165, 1.54) is 0 Å². The van der Waals surface area contributed by atoms with Gasteiger partial charge in [0.25, 0.3) is 6.43 Å². The van der Waals surface area contributed by atoms with Gasteiger partial charge in [-0.1, -0.05) is 36.4 Å². The minimum absolute atomic E-state index is 0.366. The number of fused-ring (bicyclic) bond motifs is 1. The first-order valence-electron chi connectivity index (χ1n) is 8.65. The van der Waals surface area contributed by atoms with Gasteiger partial charge in [0.05, 0.1) is 5.52 Å². The molecule has 0 aliphatic heterocycles. The highest BCUT2D eigenvalue weighted by Crippen LogP contribution is 2.25. The van der Waals surface area contributed by atoms with Crippen LogP contribution in [0.25, 0.3) is 10.9 Å². The minimum Gasteiger partial charge on any atom is -0.439 e. The molecule has 0 unspecified atom stereocenters. The highest BCUT2D eigenvalue weighted by molar-refractivity contribution is 5.89. The monoisotopic (exact) mass is 378 g/mol. The van der Waals surface area contributed by atoms with Crippen LogP contribution >= 0.6 is 0 Å². The molecule has 0 aliphatic carbocycles. The van der Waals surface area contributed by atoms with Crippen LogP contribution in [0.1, 0.15) is 17.8 Å². The zero-order valence-corrected chi connectivity index (χ0v) is 14.7. The summed E-state index contributed by atoms with van der Waals surface area (Å²) in [5, 5.41) is 3.79. The van der Waals surface area contributed by atoms with E-state index in [1.807, 2.05) is 42.5 Å². The summed E-state index contributed by atoms with van der Waals surface area (Å²) < 4.78 is 31.8. The van der Waals surface area contributed by atoms with Crippen LogP contribution in [-0.4, -0.2) is 15.0 Å². The van der Waals surface area contributed by atoms with Crippen molar-refractivity contribution in [1.29, 1.82) is 0 Å². The van der Waals surface area contributed by atoms with Gasteiger partial charge in [0, 0.05) is 24.2 Å². The molecule has 0 aliphatic rings. The Balaban J connectivity index is 1.50. The van der Waals surface area contributed by atoms with Crippen molar-refractivity contribution < 1.29 is 13.5 Å². The summed E-state index contributed by atoms with van der Waals surface area (Å²) in [6.45, 7) is 0.377. The second kappa shape index (κ2) is 7.96. The standard InChI is InChI=1S/C21H16F2N4O/c22-19(23)21-26-17-9-5-4-8-16(17)20(27-21)25-13-14-10-11-18(24-12-14)28-15-6-2-1-3-7-15/h1-12,19H,13H2,(H,25,26,27). The Morgan fingerprint density at radius 3 is 2.43 bits per heavy atom. The number of benzene rings is 2. The van der Waals surface area contributed by atoms with Crippen LogP contribution in [0.4, 0.5) is 14.6 Å². The van der Waals surface area contributed by atoms with Crippen molar-refractivity contribution in [3.63, 3.8) is 0 Å². The van der Waals surface area contributed by atoms with E-state index in [0.717, 1.165) is 5.56 Å². The first-order chi connectivity index (χ1) is 13.7. The molecule has 2 aromatic carbocycles. The van der Waals surface area contributed by atoms with Gasteiger partial charge in [-0.3, -0.25) is 0 Å². The summed E-state index contributed by atoms with van der Waals surface area (Å²) in [4.78, 5) is 12.2. The van der Waals surface area contributed by atoms with Gasteiger partial charge in [0.15, 0.2) is 5.82 Å². The zero-order chi connectivity index (χ0) is 19.3. The summed E-state index contributed by atoms with van der Waals surface area (Å²) in [5.74, 6) is 1.05. The molecule has 140 valence electrons. The fraction of sp³-hybridized carbons (Fsp3) is 0.0952. The van der Waals surface area contributed by atoms with Crippen molar-refractivity contribution >= 4 is 16.7 Å². The SMILES string of the molecule is FC(F)c1nc(NCc2ccc(Oc3ccccc3)nc2)c2ccccc2n1. The predicted molar refractivity (Wildman–Crippen MR) is 103 cm³/mol. The minimum atomic E-state index is -2.73. The topological polar surface area (TPSA) is 59.9 Å². The molecule has 0 radical (unpaired) electrons. The normalized spacial score (nSPS) is 11.0. The Morgan fingerprint density at radius 2 is 1.68 bits per heavy atom. The molecular weight excluding hydrogens is 362 g/mol. The van der Waals surface area contributed by atoms with E-state index in [4.69, 9.17) is 4.74 Å². The van der Waals surface area contributed by atoms with Gasteiger partial charge in [0.2, 0.25) is 5.88 Å².